The number of halogens is 2. The van der Waals surface area contributed by atoms with Crippen LogP contribution in [0, 0.1) is 5.82 Å². The predicted octanol–water partition coefficient (Wildman–Crippen LogP) is 3.18. The summed E-state index contributed by atoms with van der Waals surface area (Å²) in [6.07, 6.45) is 6.25. The van der Waals surface area contributed by atoms with Gasteiger partial charge in [0.2, 0.25) is 0 Å². The van der Waals surface area contributed by atoms with Crippen LogP contribution in [-0.2, 0) is 5.33 Å². The Kier molecular flexibility index (Phi) is 3.06. The summed E-state index contributed by atoms with van der Waals surface area (Å²) in [5.74, 6) is -0.298. The minimum Gasteiger partial charge on any atom is -0.264 e. The SMILES string of the molecule is Fc1cncc(-c2cccnc2)c1CBr. The molecule has 76 valence electrons. The van der Waals surface area contributed by atoms with Crippen LogP contribution in [0.15, 0.2) is 36.9 Å². The third-order valence-electron chi connectivity index (χ3n) is 2.11. The molecule has 0 unspecified atom stereocenters. The van der Waals surface area contributed by atoms with E-state index in [1.54, 1.807) is 18.6 Å². The largest absolute Gasteiger partial charge is 0.264 e. The highest BCUT2D eigenvalue weighted by molar-refractivity contribution is 9.08. The third-order valence-corrected chi connectivity index (χ3v) is 2.67. The van der Waals surface area contributed by atoms with E-state index in [9.17, 15) is 4.39 Å². The van der Waals surface area contributed by atoms with Crippen LogP contribution in [0.3, 0.4) is 0 Å². The topological polar surface area (TPSA) is 25.8 Å². The zero-order valence-electron chi connectivity index (χ0n) is 7.82. The molecule has 0 aliphatic rings. The van der Waals surface area contributed by atoms with Crippen LogP contribution in [0.4, 0.5) is 4.39 Å². The first-order valence-electron chi connectivity index (χ1n) is 4.41. The van der Waals surface area contributed by atoms with Gasteiger partial charge in [0.05, 0.1) is 6.20 Å². The smallest absolute Gasteiger partial charge is 0.146 e. The van der Waals surface area contributed by atoms with E-state index in [0.717, 1.165) is 11.1 Å². The summed E-state index contributed by atoms with van der Waals surface area (Å²) in [4.78, 5) is 7.85. The molecule has 0 radical (unpaired) electrons. The molecule has 15 heavy (non-hydrogen) atoms. The highest BCUT2D eigenvalue weighted by Gasteiger charge is 2.09. The Hall–Kier alpha value is -1.29. The monoisotopic (exact) mass is 266 g/mol. The van der Waals surface area contributed by atoms with Gasteiger partial charge in [-0.2, -0.15) is 0 Å². The maximum absolute atomic E-state index is 13.4. The molecule has 0 bridgehead atoms. The molecule has 0 atom stereocenters. The summed E-state index contributed by atoms with van der Waals surface area (Å²) >= 11 is 3.27. The Labute approximate surface area is 95.3 Å². The second kappa shape index (κ2) is 4.49. The summed E-state index contributed by atoms with van der Waals surface area (Å²) in [7, 11) is 0. The van der Waals surface area contributed by atoms with Crippen LogP contribution in [-0.4, -0.2) is 9.97 Å². The van der Waals surface area contributed by atoms with E-state index in [-0.39, 0.29) is 5.82 Å². The first kappa shape index (κ1) is 10.2. The molecule has 4 heteroatoms. The molecular weight excluding hydrogens is 259 g/mol. The minimum atomic E-state index is -0.298. The van der Waals surface area contributed by atoms with Crippen LogP contribution in [0.5, 0.6) is 0 Å². The summed E-state index contributed by atoms with van der Waals surface area (Å²) in [5, 5.41) is 0.464. The van der Waals surface area contributed by atoms with Gasteiger partial charge in [0.15, 0.2) is 0 Å². The zero-order chi connectivity index (χ0) is 10.7. The summed E-state index contributed by atoms with van der Waals surface area (Å²) in [6.45, 7) is 0. The molecule has 0 saturated heterocycles. The van der Waals surface area contributed by atoms with Gasteiger partial charge >= 0.3 is 0 Å². The van der Waals surface area contributed by atoms with Gasteiger partial charge in [-0.3, -0.25) is 9.97 Å². The van der Waals surface area contributed by atoms with E-state index < -0.39 is 0 Å². The first-order chi connectivity index (χ1) is 7.33. The minimum absolute atomic E-state index is 0.298. The van der Waals surface area contributed by atoms with Crippen molar-refractivity contribution in [1.29, 1.82) is 0 Å². The molecule has 2 aromatic heterocycles. The Balaban J connectivity index is 2.58. The number of aromatic nitrogens is 2. The molecule has 0 spiro atoms. The molecule has 0 saturated carbocycles. The average Bonchev–Trinajstić information content (AvgIpc) is 2.30. The number of nitrogens with zero attached hydrogens (tertiary/aromatic N) is 2. The fraction of sp³-hybridized carbons (Fsp3) is 0.0909. The second-order valence-corrected chi connectivity index (χ2v) is 3.58. The second-order valence-electron chi connectivity index (χ2n) is 3.02. The molecule has 0 aromatic carbocycles. The van der Waals surface area contributed by atoms with E-state index in [1.807, 2.05) is 12.1 Å². The fourth-order valence-corrected chi connectivity index (χ4v) is 1.94. The van der Waals surface area contributed by atoms with Gasteiger partial charge in [0.25, 0.3) is 0 Å². The summed E-state index contributed by atoms with van der Waals surface area (Å²) < 4.78 is 13.4. The van der Waals surface area contributed by atoms with Crippen molar-refractivity contribution in [2.45, 2.75) is 5.33 Å². The van der Waals surface area contributed by atoms with Gasteiger partial charge in [-0.1, -0.05) is 22.0 Å². The fourth-order valence-electron chi connectivity index (χ4n) is 1.37. The molecule has 0 aliphatic carbocycles. The zero-order valence-corrected chi connectivity index (χ0v) is 9.41. The molecular formula is C11H8BrFN2. The van der Waals surface area contributed by atoms with Crippen molar-refractivity contribution >= 4 is 15.9 Å². The standard InChI is InChI=1S/C11H8BrFN2/c12-4-9-10(6-15-7-11(9)13)8-2-1-3-14-5-8/h1-3,5-7H,4H2. The Bertz CT molecular complexity index is 459. The molecule has 0 N–H and O–H groups in total. The lowest BCUT2D eigenvalue weighted by Crippen LogP contribution is -1.93. The highest BCUT2D eigenvalue weighted by atomic mass is 79.9. The number of pyridine rings is 2. The Morgan fingerprint density at radius 1 is 1.20 bits per heavy atom. The Morgan fingerprint density at radius 3 is 2.73 bits per heavy atom. The number of alkyl halides is 1. The van der Waals surface area contributed by atoms with Crippen LogP contribution in [0.25, 0.3) is 11.1 Å². The summed E-state index contributed by atoms with van der Waals surface area (Å²) in [5.41, 5.74) is 2.26. The van der Waals surface area contributed by atoms with Gasteiger partial charge in [0, 0.05) is 40.6 Å². The van der Waals surface area contributed by atoms with E-state index in [0.29, 0.717) is 10.9 Å². The van der Waals surface area contributed by atoms with Gasteiger partial charge < -0.3 is 0 Å². The van der Waals surface area contributed by atoms with E-state index in [1.165, 1.54) is 6.20 Å². The van der Waals surface area contributed by atoms with Crippen molar-refractivity contribution in [3.8, 4) is 11.1 Å². The van der Waals surface area contributed by atoms with Gasteiger partial charge in [-0.05, 0) is 6.07 Å². The lowest BCUT2D eigenvalue weighted by atomic mass is 10.1. The number of hydrogen-bond acceptors (Lipinski definition) is 2. The van der Waals surface area contributed by atoms with Crippen molar-refractivity contribution in [3.63, 3.8) is 0 Å². The Morgan fingerprint density at radius 2 is 2.07 bits per heavy atom. The van der Waals surface area contributed by atoms with Crippen LogP contribution in [0.2, 0.25) is 0 Å². The number of hydrogen-bond donors (Lipinski definition) is 0. The van der Waals surface area contributed by atoms with Crippen molar-refractivity contribution in [2.24, 2.45) is 0 Å². The molecule has 2 nitrogen and oxygen atoms in total. The van der Waals surface area contributed by atoms with Crippen LogP contribution in [0.1, 0.15) is 5.56 Å². The number of rotatable bonds is 2. The first-order valence-corrected chi connectivity index (χ1v) is 5.54. The summed E-state index contributed by atoms with van der Waals surface area (Å²) in [6, 6.07) is 3.70. The van der Waals surface area contributed by atoms with Crippen LogP contribution >= 0.6 is 15.9 Å². The predicted molar refractivity (Wildman–Crippen MR) is 60.1 cm³/mol. The maximum atomic E-state index is 13.4. The van der Waals surface area contributed by atoms with Crippen molar-refractivity contribution in [2.75, 3.05) is 0 Å². The van der Waals surface area contributed by atoms with Crippen molar-refractivity contribution in [3.05, 3.63) is 48.3 Å². The van der Waals surface area contributed by atoms with E-state index in [4.69, 9.17) is 0 Å². The van der Waals surface area contributed by atoms with Gasteiger partial charge in [-0.15, -0.1) is 0 Å². The molecule has 0 aliphatic heterocycles. The lowest BCUT2D eigenvalue weighted by Gasteiger charge is -2.06. The highest BCUT2D eigenvalue weighted by Crippen LogP contribution is 2.25. The van der Waals surface area contributed by atoms with Gasteiger partial charge in [0.1, 0.15) is 5.82 Å². The quantitative estimate of drug-likeness (QED) is 0.781. The third kappa shape index (κ3) is 2.04. The van der Waals surface area contributed by atoms with Crippen molar-refractivity contribution in [1.82, 2.24) is 9.97 Å². The van der Waals surface area contributed by atoms with E-state index in [2.05, 4.69) is 25.9 Å². The molecule has 2 aromatic rings. The van der Waals surface area contributed by atoms with Gasteiger partial charge in [-0.25, -0.2) is 4.39 Å². The maximum Gasteiger partial charge on any atom is 0.146 e. The molecule has 0 fully saturated rings. The molecule has 2 rings (SSSR count). The average molecular weight is 267 g/mol. The molecule has 2 heterocycles. The van der Waals surface area contributed by atoms with Crippen molar-refractivity contribution < 1.29 is 4.39 Å². The molecule has 0 amide bonds. The lowest BCUT2D eigenvalue weighted by molar-refractivity contribution is 0.612. The normalized spacial score (nSPS) is 10.3. The van der Waals surface area contributed by atoms with E-state index >= 15 is 0 Å². The van der Waals surface area contributed by atoms with Crippen LogP contribution < -0.4 is 0 Å².